The minimum atomic E-state index is -0.457. The minimum absolute atomic E-state index is 0.00112. The number of anilines is 1. The molecule has 0 atom stereocenters. The van der Waals surface area contributed by atoms with Gasteiger partial charge in [0.15, 0.2) is 0 Å². The first kappa shape index (κ1) is 14.1. The van der Waals surface area contributed by atoms with Gasteiger partial charge in [-0.15, -0.1) is 0 Å². The number of rotatable bonds is 3. The Hall–Kier alpha value is -2.34. The van der Waals surface area contributed by atoms with Gasteiger partial charge >= 0.3 is 0 Å². The van der Waals surface area contributed by atoms with Crippen molar-refractivity contribution >= 4 is 28.9 Å². The van der Waals surface area contributed by atoms with Crippen LogP contribution in [0.5, 0.6) is 0 Å². The molecule has 2 aromatic rings. The van der Waals surface area contributed by atoms with Crippen molar-refractivity contribution in [1.82, 2.24) is 0 Å². The molecule has 0 aliphatic heterocycles. The number of nitro benzene ring substituents is 1. The van der Waals surface area contributed by atoms with Crippen LogP contribution in [-0.2, 0) is 0 Å². The quantitative estimate of drug-likeness (QED) is 0.690. The van der Waals surface area contributed by atoms with E-state index in [0.29, 0.717) is 16.8 Å². The Morgan fingerprint density at radius 1 is 1.35 bits per heavy atom. The normalized spacial score (nSPS) is 10.3. The molecule has 0 aliphatic carbocycles. The van der Waals surface area contributed by atoms with E-state index in [1.165, 1.54) is 18.4 Å². The van der Waals surface area contributed by atoms with Gasteiger partial charge in [0, 0.05) is 17.3 Å². The van der Waals surface area contributed by atoms with Gasteiger partial charge in [-0.3, -0.25) is 14.9 Å². The number of nitro groups is 1. The highest BCUT2D eigenvalue weighted by Crippen LogP contribution is 2.27. The molecule has 0 unspecified atom stereocenters. The van der Waals surface area contributed by atoms with Crippen LogP contribution < -0.4 is 5.32 Å². The molecule has 0 spiro atoms. The molecule has 0 bridgehead atoms. The standard InChI is InChI=1S/C13H11ClN2O4/c1-7-6-11(16(18)19)8(2)5-10(7)15-13(17)9-3-4-20-12(9)14/h3-6H,1-2H3,(H,15,17). The molecule has 2 rings (SSSR count). The molecule has 1 N–H and O–H groups in total. The van der Waals surface area contributed by atoms with Crippen LogP contribution in [0.4, 0.5) is 11.4 Å². The summed E-state index contributed by atoms with van der Waals surface area (Å²) < 4.78 is 4.84. The van der Waals surface area contributed by atoms with Crippen molar-refractivity contribution in [2.24, 2.45) is 0 Å². The minimum Gasteiger partial charge on any atom is -0.452 e. The number of hydrogen-bond acceptors (Lipinski definition) is 4. The molecule has 0 fully saturated rings. The Morgan fingerprint density at radius 2 is 2.05 bits per heavy atom. The Labute approximate surface area is 119 Å². The number of furan rings is 1. The van der Waals surface area contributed by atoms with Gasteiger partial charge in [-0.05, 0) is 43.1 Å². The van der Waals surface area contributed by atoms with E-state index in [1.54, 1.807) is 19.9 Å². The van der Waals surface area contributed by atoms with Gasteiger partial charge in [-0.2, -0.15) is 0 Å². The molecule has 0 aliphatic rings. The number of benzene rings is 1. The second-order valence-corrected chi connectivity index (χ2v) is 4.62. The first-order valence-corrected chi connectivity index (χ1v) is 6.08. The lowest BCUT2D eigenvalue weighted by molar-refractivity contribution is -0.385. The third-order valence-electron chi connectivity index (χ3n) is 2.85. The number of amides is 1. The zero-order valence-corrected chi connectivity index (χ0v) is 11.5. The Kier molecular flexibility index (Phi) is 3.76. The van der Waals surface area contributed by atoms with Crippen LogP contribution in [0, 0.1) is 24.0 Å². The number of nitrogens with one attached hydrogen (secondary N) is 1. The van der Waals surface area contributed by atoms with Crippen molar-refractivity contribution < 1.29 is 14.1 Å². The maximum Gasteiger partial charge on any atom is 0.272 e. The topological polar surface area (TPSA) is 85.4 Å². The van der Waals surface area contributed by atoms with E-state index in [0.717, 1.165) is 0 Å². The Balaban J connectivity index is 2.31. The van der Waals surface area contributed by atoms with E-state index >= 15 is 0 Å². The third kappa shape index (κ3) is 2.65. The van der Waals surface area contributed by atoms with Crippen LogP contribution in [0.15, 0.2) is 28.9 Å². The lowest BCUT2D eigenvalue weighted by Gasteiger charge is -2.09. The second kappa shape index (κ2) is 5.34. The van der Waals surface area contributed by atoms with Gasteiger partial charge in [-0.1, -0.05) is 0 Å². The first-order valence-electron chi connectivity index (χ1n) is 5.70. The van der Waals surface area contributed by atoms with E-state index in [-0.39, 0.29) is 16.5 Å². The highest BCUT2D eigenvalue weighted by molar-refractivity contribution is 6.32. The van der Waals surface area contributed by atoms with Gasteiger partial charge < -0.3 is 9.73 Å². The molecule has 104 valence electrons. The van der Waals surface area contributed by atoms with Crippen molar-refractivity contribution in [2.45, 2.75) is 13.8 Å². The largest absolute Gasteiger partial charge is 0.452 e. The fourth-order valence-corrected chi connectivity index (χ4v) is 1.98. The zero-order chi connectivity index (χ0) is 14.9. The average Bonchev–Trinajstić information content (AvgIpc) is 2.79. The summed E-state index contributed by atoms with van der Waals surface area (Å²) in [4.78, 5) is 22.4. The molecule has 1 aromatic heterocycles. The zero-order valence-electron chi connectivity index (χ0n) is 10.8. The molecule has 1 amide bonds. The van der Waals surface area contributed by atoms with Gasteiger partial charge in [0.1, 0.15) is 0 Å². The molecule has 1 heterocycles. The molecule has 1 aromatic carbocycles. The van der Waals surface area contributed by atoms with E-state index in [9.17, 15) is 14.9 Å². The molecular weight excluding hydrogens is 284 g/mol. The van der Waals surface area contributed by atoms with Crippen LogP contribution in [0.3, 0.4) is 0 Å². The van der Waals surface area contributed by atoms with Gasteiger partial charge in [0.2, 0.25) is 5.22 Å². The number of carbonyl (C=O) groups is 1. The van der Waals surface area contributed by atoms with Crippen molar-refractivity contribution in [3.63, 3.8) is 0 Å². The van der Waals surface area contributed by atoms with Gasteiger partial charge in [-0.25, -0.2) is 0 Å². The van der Waals surface area contributed by atoms with Gasteiger partial charge in [0.25, 0.3) is 11.6 Å². The smallest absolute Gasteiger partial charge is 0.272 e. The van der Waals surface area contributed by atoms with Gasteiger partial charge in [0.05, 0.1) is 16.7 Å². The maximum atomic E-state index is 12.0. The first-order chi connectivity index (χ1) is 9.40. The fraction of sp³-hybridized carbons (Fsp3) is 0.154. The predicted octanol–water partition coefficient (Wildman–Crippen LogP) is 3.71. The molecule has 7 heteroatoms. The second-order valence-electron chi connectivity index (χ2n) is 4.27. The fourth-order valence-electron chi connectivity index (χ4n) is 1.78. The Bertz CT molecular complexity index is 694. The highest BCUT2D eigenvalue weighted by Gasteiger charge is 2.17. The third-order valence-corrected chi connectivity index (χ3v) is 3.14. The summed E-state index contributed by atoms with van der Waals surface area (Å²) in [6, 6.07) is 4.42. The van der Waals surface area contributed by atoms with Crippen LogP contribution in [0.25, 0.3) is 0 Å². The average molecular weight is 295 g/mol. The maximum absolute atomic E-state index is 12.0. The van der Waals surface area contributed by atoms with Crippen molar-refractivity contribution in [3.05, 3.63) is 56.5 Å². The molecule has 0 saturated carbocycles. The summed E-state index contributed by atoms with van der Waals surface area (Å²) in [5, 5.41) is 13.5. The number of aryl methyl sites for hydroxylation is 2. The summed E-state index contributed by atoms with van der Waals surface area (Å²) in [7, 11) is 0. The van der Waals surface area contributed by atoms with Crippen molar-refractivity contribution in [1.29, 1.82) is 0 Å². The molecule has 0 saturated heterocycles. The summed E-state index contributed by atoms with van der Waals surface area (Å²) in [5.41, 5.74) is 1.78. The summed E-state index contributed by atoms with van der Waals surface area (Å²) in [6.07, 6.45) is 1.31. The number of carbonyl (C=O) groups excluding carboxylic acids is 1. The molecule has 20 heavy (non-hydrogen) atoms. The van der Waals surface area contributed by atoms with Crippen molar-refractivity contribution in [3.8, 4) is 0 Å². The SMILES string of the molecule is Cc1cc([N+](=O)[O-])c(C)cc1NC(=O)c1ccoc1Cl. The number of halogens is 1. The lowest BCUT2D eigenvalue weighted by Crippen LogP contribution is -2.12. The van der Waals surface area contributed by atoms with Crippen LogP contribution >= 0.6 is 11.6 Å². The van der Waals surface area contributed by atoms with Crippen molar-refractivity contribution in [2.75, 3.05) is 5.32 Å². The lowest BCUT2D eigenvalue weighted by atomic mass is 10.1. The molecular formula is C13H11ClN2O4. The monoisotopic (exact) mass is 294 g/mol. The van der Waals surface area contributed by atoms with E-state index in [1.807, 2.05) is 0 Å². The van der Waals surface area contributed by atoms with E-state index in [4.69, 9.17) is 16.0 Å². The molecule has 0 radical (unpaired) electrons. The summed E-state index contributed by atoms with van der Waals surface area (Å²) >= 11 is 5.72. The predicted molar refractivity (Wildman–Crippen MR) is 74.2 cm³/mol. The van der Waals surface area contributed by atoms with E-state index in [2.05, 4.69) is 5.32 Å². The van der Waals surface area contributed by atoms with Crippen LogP contribution in [-0.4, -0.2) is 10.8 Å². The van der Waals surface area contributed by atoms with Crippen LogP contribution in [0.1, 0.15) is 21.5 Å². The Morgan fingerprint density at radius 3 is 2.60 bits per heavy atom. The molecule has 6 nitrogen and oxygen atoms in total. The summed E-state index contributed by atoms with van der Waals surface area (Å²) in [6.45, 7) is 3.29. The van der Waals surface area contributed by atoms with E-state index < -0.39 is 10.8 Å². The van der Waals surface area contributed by atoms with Crippen LogP contribution in [0.2, 0.25) is 5.22 Å². The number of hydrogen-bond donors (Lipinski definition) is 1. The summed E-state index contributed by atoms with van der Waals surface area (Å²) in [5.74, 6) is -0.430. The highest BCUT2D eigenvalue weighted by atomic mass is 35.5. The number of nitrogens with zero attached hydrogens (tertiary/aromatic N) is 1.